The fourth-order valence-corrected chi connectivity index (χ4v) is 2.41. The van der Waals surface area contributed by atoms with Crippen LogP contribution < -0.4 is 0 Å². The summed E-state index contributed by atoms with van der Waals surface area (Å²) >= 11 is 3.51. The van der Waals surface area contributed by atoms with Gasteiger partial charge in [0.1, 0.15) is 0 Å². The molecule has 2 rings (SSSR count). The van der Waals surface area contributed by atoms with E-state index >= 15 is 0 Å². The highest BCUT2D eigenvalue weighted by Crippen LogP contribution is 2.24. The fourth-order valence-electron chi connectivity index (χ4n) is 1.96. The zero-order valence-corrected chi connectivity index (χ0v) is 12.2. The van der Waals surface area contributed by atoms with E-state index in [2.05, 4.69) is 41.9 Å². The maximum atomic E-state index is 10.3. The SMILES string of the molecule is Cc1ccc(C(O)Cc2ccccc2Br)cc1C. The molecule has 0 amide bonds. The summed E-state index contributed by atoms with van der Waals surface area (Å²) < 4.78 is 1.05. The van der Waals surface area contributed by atoms with Crippen LogP contribution in [0.5, 0.6) is 0 Å². The Morgan fingerprint density at radius 2 is 1.78 bits per heavy atom. The summed E-state index contributed by atoms with van der Waals surface area (Å²) in [5.41, 5.74) is 4.59. The van der Waals surface area contributed by atoms with Crippen molar-refractivity contribution in [2.75, 3.05) is 0 Å². The third kappa shape index (κ3) is 3.01. The van der Waals surface area contributed by atoms with Gasteiger partial charge in [-0.05, 0) is 42.2 Å². The third-order valence-electron chi connectivity index (χ3n) is 3.29. The van der Waals surface area contributed by atoms with E-state index in [9.17, 15) is 5.11 Å². The van der Waals surface area contributed by atoms with Crippen molar-refractivity contribution in [2.45, 2.75) is 26.4 Å². The Balaban J connectivity index is 2.19. The maximum absolute atomic E-state index is 10.3. The number of rotatable bonds is 3. The first-order valence-corrected chi connectivity index (χ1v) is 6.86. The van der Waals surface area contributed by atoms with Gasteiger partial charge in [-0.25, -0.2) is 0 Å². The smallest absolute Gasteiger partial charge is 0.0830 e. The topological polar surface area (TPSA) is 20.2 Å². The lowest BCUT2D eigenvalue weighted by atomic mass is 9.98. The zero-order valence-electron chi connectivity index (χ0n) is 10.7. The van der Waals surface area contributed by atoms with Gasteiger partial charge in [0.05, 0.1) is 6.10 Å². The molecule has 0 saturated heterocycles. The molecular formula is C16H17BrO. The van der Waals surface area contributed by atoms with Crippen LogP contribution in [0.2, 0.25) is 0 Å². The van der Waals surface area contributed by atoms with Crippen molar-refractivity contribution in [1.29, 1.82) is 0 Å². The molecule has 0 saturated carbocycles. The molecular weight excluding hydrogens is 288 g/mol. The molecule has 0 aliphatic carbocycles. The molecule has 0 aliphatic rings. The number of benzene rings is 2. The van der Waals surface area contributed by atoms with Crippen molar-refractivity contribution >= 4 is 15.9 Å². The molecule has 0 spiro atoms. The first-order chi connectivity index (χ1) is 8.58. The standard InChI is InChI=1S/C16H17BrO/c1-11-7-8-14(9-12(11)2)16(18)10-13-5-3-4-6-15(13)17/h3-9,16,18H,10H2,1-2H3. The van der Waals surface area contributed by atoms with Gasteiger partial charge in [0.2, 0.25) is 0 Å². The second kappa shape index (κ2) is 5.68. The minimum Gasteiger partial charge on any atom is -0.388 e. The molecule has 2 aromatic carbocycles. The Hall–Kier alpha value is -1.12. The van der Waals surface area contributed by atoms with E-state index in [1.807, 2.05) is 30.3 Å². The highest BCUT2D eigenvalue weighted by atomic mass is 79.9. The Morgan fingerprint density at radius 3 is 2.44 bits per heavy atom. The summed E-state index contributed by atoms with van der Waals surface area (Å²) in [5.74, 6) is 0. The fraction of sp³-hybridized carbons (Fsp3) is 0.250. The summed E-state index contributed by atoms with van der Waals surface area (Å²) in [6.45, 7) is 4.16. The van der Waals surface area contributed by atoms with Gasteiger partial charge in [-0.2, -0.15) is 0 Å². The van der Waals surface area contributed by atoms with Crippen molar-refractivity contribution in [3.63, 3.8) is 0 Å². The number of hydrogen-bond donors (Lipinski definition) is 1. The normalized spacial score (nSPS) is 12.4. The number of hydrogen-bond acceptors (Lipinski definition) is 1. The summed E-state index contributed by atoms with van der Waals surface area (Å²) in [6, 6.07) is 14.1. The van der Waals surface area contributed by atoms with Crippen molar-refractivity contribution in [3.05, 3.63) is 69.2 Å². The molecule has 0 aromatic heterocycles. The van der Waals surface area contributed by atoms with Crippen molar-refractivity contribution < 1.29 is 5.11 Å². The van der Waals surface area contributed by atoms with Crippen LogP contribution >= 0.6 is 15.9 Å². The first-order valence-electron chi connectivity index (χ1n) is 6.06. The largest absolute Gasteiger partial charge is 0.388 e. The average molecular weight is 305 g/mol. The number of aliphatic hydroxyl groups is 1. The van der Waals surface area contributed by atoms with Gasteiger partial charge in [0.25, 0.3) is 0 Å². The van der Waals surface area contributed by atoms with Crippen LogP contribution in [0.3, 0.4) is 0 Å². The first kappa shape index (κ1) is 13.3. The monoisotopic (exact) mass is 304 g/mol. The lowest BCUT2D eigenvalue weighted by Gasteiger charge is -2.13. The molecule has 0 aliphatic heterocycles. The predicted octanol–water partition coefficient (Wildman–Crippen LogP) is 4.34. The Kier molecular flexibility index (Phi) is 4.20. The summed E-state index contributed by atoms with van der Waals surface area (Å²) in [7, 11) is 0. The van der Waals surface area contributed by atoms with E-state index in [0.29, 0.717) is 6.42 Å². The lowest BCUT2D eigenvalue weighted by molar-refractivity contribution is 0.178. The minimum absolute atomic E-state index is 0.456. The van der Waals surface area contributed by atoms with Gasteiger partial charge >= 0.3 is 0 Å². The van der Waals surface area contributed by atoms with Crippen LogP contribution in [-0.2, 0) is 6.42 Å². The second-order valence-electron chi connectivity index (χ2n) is 4.66. The van der Waals surface area contributed by atoms with Crippen LogP contribution in [-0.4, -0.2) is 5.11 Å². The maximum Gasteiger partial charge on any atom is 0.0830 e. The van der Waals surface area contributed by atoms with Gasteiger partial charge in [-0.15, -0.1) is 0 Å². The molecule has 0 bridgehead atoms. The van der Waals surface area contributed by atoms with Crippen LogP contribution in [0.25, 0.3) is 0 Å². The molecule has 0 fully saturated rings. The van der Waals surface area contributed by atoms with Crippen LogP contribution in [0.1, 0.15) is 28.4 Å². The molecule has 2 heteroatoms. The highest BCUT2D eigenvalue weighted by Gasteiger charge is 2.11. The van der Waals surface area contributed by atoms with Gasteiger partial charge in [0, 0.05) is 10.9 Å². The van der Waals surface area contributed by atoms with Crippen molar-refractivity contribution in [3.8, 4) is 0 Å². The summed E-state index contributed by atoms with van der Waals surface area (Å²) in [4.78, 5) is 0. The molecule has 1 nitrogen and oxygen atoms in total. The highest BCUT2D eigenvalue weighted by molar-refractivity contribution is 9.10. The van der Waals surface area contributed by atoms with Crippen LogP contribution in [0.4, 0.5) is 0 Å². The molecule has 0 radical (unpaired) electrons. The average Bonchev–Trinajstić information content (AvgIpc) is 2.35. The lowest BCUT2D eigenvalue weighted by Crippen LogP contribution is -2.03. The number of aliphatic hydroxyl groups excluding tert-OH is 1. The van der Waals surface area contributed by atoms with Gasteiger partial charge in [0.15, 0.2) is 0 Å². The van der Waals surface area contributed by atoms with Crippen LogP contribution in [0, 0.1) is 13.8 Å². The summed E-state index contributed by atoms with van der Waals surface area (Å²) in [6.07, 6.45) is 0.173. The van der Waals surface area contributed by atoms with Crippen molar-refractivity contribution in [1.82, 2.24) is 0 Å². The Bertz CT molecular complexity index is 549. The molecule has 18 heavy (non-hydrogen) atoms. The quantitative estimate of drug-likeness (QED) is 0.894. The minimum atomic E-state index is -0.456. The predicted molar refractivity (Wildman–Crippen MR) is 78.7 cm³/mol. The van der Waals surface area contributed by atoms with Gasteiger partial charge in [-0.1, -0.05) is 52.3 Å². The number of halogens is 1. The van der Waals surface area contributed by atoms with E-state index in [0.717, 1.165) is 15.6 Å². The number of aryl methyl sites for hydroxylation is 2. The molecule has 1 N–H and O–H groups in total. The van der Waals surface area contributed by atoms with Gasteiger partial charge < -0.3 is 5.11 Å². The van der Waals surface area contributed by atoms with E-state index in [4.69, 9.17) is 0 Å². The van der Waals surface area contributed by atoms with Crippen molar-refractivity contribution in [2.24, 2.45) is 0 Å². The zero-order chi connectivity index (χ0) is 13.1. The third-order valence-corrected chi connectivity index (χ3v) is 4.06. The molecule has 2 aromatic rings. The Labute approximate surface area is 117 Å². The molecule has 1 atom stereocenters. The van der Waals surface area contributed by atoms with E-state index < -0.39 is 6.10 Å². The molecule has 0 heterocycles. The van der Waals surface area contributed by atoms with Gasteiger partial charge in [-0.3, -0.25) is 0 Å². The molecule has 94 valence electrons. The Morgan fingerprint density at radius 1 is 1.06 bits per heavy atom. The summed E-state index contributed by atoms with van der Waals surface area (Å²) in [5, 5.41) is 10.3. The molecule has 1 unspecified atom stereocenters. The van der Waals surface area contributed by atoms with E-state index in [1.54, 1.807) is 0 Å². The van der Waals surface area contributed by atoms with Crippen LogP contribution in [0.15, 0.2) is 46.9 Å². The van der Waals surface area contributed by atoms with E-state index in [1.165, 1.54) is 11.1 Å². The van der Waals surface area contributed by atoms with E-state index in [-0.39, 0.29) is 0 Å². The second-order valence-corrected chi connectivity index (χ2v) is 5.51.